The van der Waals surface area contributed by atoms with Crippen LogP contribution in [-0.4, -0.2) is 23.3 Å². The minimum Gasteiger partial charge on any atom is -0.481 e. The molecule has 18 heavy (non-hydrogen) atoms. The van der Waals surface area contributed by atoms with Gasteiger partial charge >= 0.3 is 5.97 Å². The molecule has 0 saturated heterocycles. The zero-order chi connectivity index (χ0) is 13.0. The summed E-state index contributed by atoms with van der Waals surface area (Å²) in [6.45, 7) is 3.88. The van der Waals surface area contributed by atoms with Crippen LogP contribution in [0.15, 0.2) is 0 Å². The monoisotopic (exact) mass is 252 g/mol. The summed E-state index contributed by atoms with van der Waals surface area (Å²) in [7, 11) is 0. The Morgan fingerprint density at radius 2 is 1.61 bits per heavy atom. The van der Waals surface area contributed by atoms with Gasteiger partial charge in [-0.05, 0) is 70.1 Å². The van der Waals surface area contributed by atoms with Crippen molar-refractivity contribution < 1.29 is 14.6 Å². The summed E-state index contributed by atoms with van der Waals surface area (Å²) in [5, 5.41) is 9.17. The lowest BCUT2D eigenvalue weighted by molar-refractivity contribution is -0.184. The molecule has 4 aliphatic rings. The Kier molecular flexibility index (Phi) is 2.74. The molecule has 4 rings (SSSR count). The number of ether oxygens (including phenoxy) is 1. The van der Waals surface area contributed by atoms with E-state index in [9.17, 15) is 9.90 Å². The van der Waals surface area contributed by atoms with Gasteiger partial charge in [0.15, 0.2) is 0 Å². The Hall–Kier alpha value is -0.570. The van der Waals surface area contributed by atoms with Crippen molar-refractivity contribution in [2.75, 3.05) is 6.61 Å². The highest BCUT2D eigenvalue weighted by Crippen LogP contribution is 2.57. The van der Waals surface area contributed by atoms with Crippen LogP contribution in [0.5, 0.6) is 0 Å². The molecule has 0 unspecified atom stereocenters. The maximum atomic E-state index is 11.2. The minimum atomic E-state index is -0.761. The van der Waals surface area contributed by atoms with E-state index in [0.29, 0.717) is 6.61 Å². The summed E-state index contributed by atoms with van der Waals surface area (Å²) in [6, 6.07) is 0. The first kappa shape index (κ1) is 12.5. The maximum Gasteiger partial charge on any atom is 0.311 e. The van der Waals surface area contributed by atoms with Gasteiger partial charge in [0, 0.05) is 0 Å². The van der Waals surface area contributed by atoms with E-state index >= 15 is 0 Å². The van der Waals surface area contributed by atoms with Crippen molar-refractivity contribution in [2.24, 2.45) is 23.2 Å². The van der Waals surface area contributed by atoms with Gasteiger partial charge in [0.05, 0.1) is 17.6 Å². The molecular formula is C15H24O3. The lowest BCUT2D eigenvalue weighted by atomic mass is 9.54. The first-order valence-electron chi connectivity index (χ1n) is 7.26. The number of aliphatic carboxylic acids is 1. The maximum absolute atomic E-state index is 11.2. The topological polar surface area (TPSA) is 46.5 Å². The molecule has 0 atom stereocenters. The zero-order valence-corrected chi connectivity index (χ0v) is 11.4. The number of carbonyl (C=O) groups is 1. The molecule has 102 valence electrons. The predicted molar refractivity (Wildman–Crippen MR) is 68.3 cm³/mol. The molecule has 0 aromatic rings. The van der Waals surface area contributed by atoms with E-state index in [4.69, 9.17) is 4.74 Å². The number of hydrogen-bond acceptors (Lipinski definition) is 2. The molecule has 4 aliphatic carbocycles. The fourth-order valence-corrected chi connectivity index (χ4v) is 4.60. The van der Waals surface area contributed by atoms with Crippen molar-refractivity contribution in [3.8, 4) is 0 Å². The molecule has 0 radical (unpaired) electrons. The van der Waals surface area contributed by atoms with Gasteiger partial charge in [-0.3, -0.25) is 4.79 Å². The van der Waals surface area contributed by atoms with E-state index in [-0.39, 0.29) is 5.60 Å². The van der Waals surface area contributed by atoms with E-state index in [1.165, 1.54) is 38.5 Å². The van der Waals surface area contributed by atoms with Crippen molar-refractivity contribution in [1.29, 1.82) is 0 Å². The van der Waals surface area contributed by atoms with Crippen LogP contribution in [-0.2, 0) is 9.53 Å². The largest absolute Gasteiger partial charge is 0.481 e. The van der Waals surface area contributed by atoms with Crippen LogP contribution in [0.3, 0.4) is 0 Å². The third kappa shape index (κ3) is 2.07. The Labute approximate surface area is 109 Å². The van der Waals surface area contributed by atoms with Crippen LogP contribution in [0, 0.1) is 23.2 Å². The van der Waals surface area contributed by atoms with Gasteiger partial charge in [0.25, 0.3) is 0 Å². The van der Waals surface area contributed by atoms with Gasteiger partial charge in [-0.25, -0.2) is 0 Å². The molecule has 4 saturated carbocycles. The van der Waals surface area contributed by atoms with Crippen LogP contribution in [0.25, 0.3) is 0 Å². The average molecular weight is 252 g/mol. The SMILES string of the molecule is CC(C)(COC12CC3CC(CC(C3)C1)C2)C(=O)O. The minimum absolute atomic E-state index is 0.0292. The quantitative estimate of drug-likeness (QED) is 0.836. The van der Waals surface area contributed by atoms with Crippen molar-refractivity contribution >= 4 is 5.97 Å². The number of rotatable bonds is 4. The Morgan fingerprint density at radius 1 is 1.17 bits per heavy atom. The van der Waals surface area contributed by atoms with Gasteiger partial charge in [-0.1, -0.05) is 0 Å². The fraction of sp³-hybridized carbons (Fsp3) is 0.933. The standard InChI is InChI=1S/C15H24O3/c1-14(2,13(16)17)9-18-15-6-10-3-11(7-15)5-12(4-10)8-15/h10-12H,3-9H2,1-2H3,(H,16,17). The second-order valence-electron chi connectivity index (χ2n) is 7.58. The second kappa shape index (κ2) is 3.96. The van der Waals surface area contributed by atoms with E-state index < -0.39 is 11.4 Å². The predicted octanol–water partition coefficient (Wildman–Crippen LogP) is 3.08. The van der Waals surface area contributed by atoms with Crippen molar-refractivity contribution in [1.82, 2.24) is 0 Å². The third-order valence-corrected chi connectivity index (χ3v) is 5.30. The molecule has 1 N–H and O–H groups in total. The van der Waals surface area contributed by atoms with Crippen molar-refractivity contribution in [3.63, 3.8) is 0 Å². The van der Waals surface area contributed by atoms with Gasteiger partial charge in [-0.15, -0.1) is 0 Å². The summed E-state index contributed by atoms with van der Waals surface area (Å²) in [6.07, 6.45) is 7.71. The van der Waals surface area contributed by atoms with Crippen LogP contribution >= 0.6 is 0 Å². The first-order valence-corrected chi connectivity index (χ1v) is 7.26. The lowest BCUT2D eigenvalue weighted by Crippen LogP contribution is -2.53. The molecule has 3 nitrogen and oxygen atoms in total. The molecule has 0 amide bonds. The van der Waals surface area contributed by atoms with E-state index in [1.54, 1.807) is 13.8 Å². The van der Waals surface area contributed by atoms with E-state index in [1.807, 2.05) is 0 Å². The number of carboxylic acid groups (broad SMARTS) is 1. The van der Waals surface area contributed by atoms with Crippen LogP contribution in [0.2, 0.25) is 0 Å². The molecule has 4 bridgehead atoms. The van der Waals surface area contributed by atoms with Crippen LogP contribution < -0.4 is 0 Å². The van der Waals surface area contributed by atoms with E-state index in [2.05, 4.69) is 0 Å². The molecule has 4 fully saturated rings. The highest BCUT2D eigenvalue weighted by Gasteiger charge is 2.52. The molecule has 3 heteroatoms. The van der Waals surface area contributed by atoms with Gasteiger partial charge < -0.3 is 9.84 Å². The van der Waals surface area contributed by atoms with Gasteiger partial charge in [0.1, 0.15) is 0 Å². The highest BCUT2D eigenvalue weighted by atomic mass is 16.5. The normalized spacial score (nSPS) is 42.2. The Balaban J connectivity index is 1.67. The van der Waals surface area contributed by atoms with Crippen LogP contribution in [0.4, 0.5) is 0 Å². The number of carboxylic acids is 1. The molecule has 0 aromatic carbocycles. The summed E-state index contributed by atoms with van der Waals surface area (Å²) < 4.78 is 6.19. The van der Waals surface area contributed by atoms with Gasteiger partial charge in [0.2, 0.25) is 0 Å². The number of hydrogen-bond donors (Lipinski definition) is 1. The zero-order valence-electron chi connectivity index (χ0n) is 11.4. The van der Waals surface area contributed by atoms with Crippen molar-refractivity contribution in [2.45, 2.75) is 58.0 Å². The third-order valence-electron chi connectivity index (χ3n) is 5.30. The first-order chi connectivity index (χ1) is 8.39. The molecule has 0 spiro atoms. The van der Waals surface area contributed by atoms with Gasteiger partial charge in [-0.2, -0.15) is 0 Å². The lowest BCUT2D eigenvalue weighted by Gasteiger charge is -2.56. The van der Waals surface area contributed by atoms with Crippen LogP contribution in [0.1, 0.15) is 52.4 Å². The van der Waals surface area contributed by atoms with Crippen molar-refractivity contribution in [3.05, 3.63) is 0 Å². The Morgan fingerprint density at radius 3 is 2.00 bits per heavy atom. The summed E-state index contributed by atoms with van der Waals surface area (Å²) in [5.74, 6) is 1.80. The fourth-order valence-electron chi connectivity index (χ4n) is 4.60. The summed E-state index contributed by atoms with van der Waals surface area (Å²) in [4.78, 5) is 11.2. The Bertz CT molecular complexity index is 323. The van der Waals surface area contributed by atoms with E-state index in [0.717, 1.165) is 17.8 Å². The smallest absolute Gasteiger partial charge is 0.311 e. The molecule has 0 heterocycles. The summed E-state index contributed by atoms with van der Waals surface area (Å²) in [5.41, 5.74) is -0.731. The molecule has 0 aliphatic heterocycles. The second-order valence-corrected chi connectivity index (χ2v) is 7.58. The highest BCUT2D eigenvalue weighted by molar-refractivity contribution is 5.73. The average Bonchev–Trinajstić information content (AvgIpc) is 2.24. The molecular weight excluding hydrogens is 228 g/mol. The molecule has 0 aromatic heterocycles. The summed E-state index contributed by atoms with van der Waals surface area (Å²) >= 11 is 0.